The molecule has 0 atom stereocenters. The van der Waals surface area contributed by atoms with Gasteiger partial charge < -0.3 is 87.2 Å². The minimum atomic E-state index is -0.529. The van der Waals surface area contributed by atoms with E-state index in [1.165, 1.54) is 15.6 Å². The fourth-order valence-electron chi connectivity index (χ4n) is 9.43. The number of nitrogens with one attached hydrogen (secondary N) is 5. The minimum absolute atomic E-state index is 0.000673. The van der Waals surface area contributed by atoms with Crippen molar-refractivity contribution in [2.24, 2.45) is 16.2 Å². The van der Waals surface area contributed by atoms with E-state index in [-0.39, 0.29) is 34.4 Å². The second-order valence-corrected chi connectivity index (χ2v) is 27.2. The standard InChI is InChI=1S/3C24H34N6O6/c1-24(2,3)22(31)18-13-17-14-21(25-15-19(17)26-18)27-23(32)20-16-30(29-28-20)5-6-34-9-10-36-12-11-35-8-7-33-4;1-24(2,3)21(31)19-14-17-13-18(15-25-22(17)27-19)26-23(32)20-16-30(29-28-20)5-6-34-9-10-36-12-11-35-8-7-33-4;1-24(2,3)22(31)19-16-29-15-18(5-6-21(29)26-19)25-23(32)20-17-30(28-27-20)7-8-34-11-12-36-14-13-35-10-9-33-4/h13-16,26H,5-12H2,1-4H3,(H,25,27,32);13-16H,5-12H2,1-4H3,(H,25,27)(H,26,32);5-6,15-17H,7-14H2,1-4H3,(H,25,32). The molecule has 9 heterocycles. The monoisotopic (exact) mass is 1510 g/mol. The number of carbonyl (C=O) groups excluding carboxylic acids is 6. The first-order valence-corrected chi connectivity index (χ1v) is 35.2. The highest BCUT2D eigenvalue weighted by atomic mass is 16.6. The van der Waals surface area contributed by atoms with Crippen LogP contribution in [0.15, 0.2) is 79.8 Å². The Labute approximate surface area is 625 Å². The first kappa shape index (κ1) is 85.7. The summed E-state index contributed by atoms with van der Waals surface area (Å²) in [5, 5.41) is 33.4. The molecule has 9 aromatic rings. The summed E-state index contributed by atoms with van der Waals surface area (Å²) in [5.74, 6) is -0.948. The average Bonchev–Trinajstić information content (AvgIpc) is 1.67. The molecule has 0 radical (unpaired) electrons. The Morgan fingerprint density at radius 3 is 1.20 bits per heavy atom. The number of imidazole rings is 1. The molecule has 9 rings (SSSR count). The number of aromatic amines is 2. The molecule has 36 heteroatoms. The number of aromatic nitrogens is 15. The van der Waals surface area contributed by atoms with Crippen molar-refractivity contribution in [3.8, 4) is 0 Å². The molecule has 0 aliphatic heterocycles. The van der Waals surface area contributed by atoms with E-state index in [9.17, 15) is 28.8 Å². The number of methoxy groups -OCH3 is 3. The van der Waals surface area contributed by atoms with Gasteiger partial charge in [0, 0.05) is 60.7 Å². The van der Waals surface area contributed by atoms with Crippen LogP contribution in [0.2, 0.25) is 0 Å². The van der Waals surface area contributed by atoms with Gasteiger partial charge in [0.2, 0.25) is 0 Å². The van der Waals surface area contributed by atoms with Gasteiger partial charge in [0.25, 0.3) is 17.7 Å². The predicted octanol–water partition coefficient (Wildman–Crippen LogP) is 6.77. The fraction of sp³-hybridized carbons (Fsp3) is 0.542. The number of ether oxygens (including phenoxy) is 12. The second kappa shape index (κ2) is 44.0. The van der Waals surface area contributed by atoms with Crippen LogP contribution < -0.4 is 16.0 Å². The number of anilines is 3. The maximum Gasteiger partial charge on any atom is 0.278 e. The molecule has 0 fully saturated rings. The van der Waals surface area contributed by atoms with Crippen LogP contribution in [-0.2, 0) is 76.5 Å². The molecular formula is C72H102N18O18. The summed E-state index contributed by atoms with van der Waals surface area (Å²) in [5.41, 5.74) is 3.28. The minimum Gasteiger partial charge on any atom is -0.382 e. The zero-order valence-electron chi connectivity index (χ0n) is 63.6. The molecule has 36 nitrogen and oxygen atoms in total. The van der Waals surface area contributed by atoms with Crippen molar-refractivity contribution in [2.75, 3.05) is 176 Å². The maximum absolute atomic E-state index is 12.6. The number of hydrogen-bond acceptors (Lipinski definition) is 27. The summed E-state index contributed by atoms with van der Waals surface area (Å²) < 4.78 is 69.7. The van der Waals surface area contributed by atoms with Gasteiger partial charge >= 0.3 is 0 Å². The van der Waals surface area contributed by atoms with Gasteiger partial charge in [0.15, 0.2) is 34.4 Å². The lowest BCUT2D eigenvalue weighted by Gasteiger charge is -2.14. The highest BCUT2D eigenvalue weighted by molar-refractivity contribution is 6.06. The van der Waals surface area contributed by atoms with E-state index in [1.54, 1.807) is 104 Å². The lowest BCUT2D eigenvalue weighted by molar-refractivity contribution is 0.00244. The van der Waals surface area contributed by atoms with Crippen LogP contribution in [0.3, 0.4) is 0 Å². The van der Waals surface area contributed by atoms with Gasteiger partial charge in [-0.25, -0.2) is 29.0 Å². The average molecular weight is 1510 g/mol. The van der Waals surface area contributed by atoms with E-state index < -0.39 is 34.0 Å². The maximum atomic E-state index is 12.6. The highest BCUT2D eigenvalue weighted by Crippen LogP contribution is 2.27. The number of carbonyl (C=O) groups is 6. The molecule has 0 saturated carbocycles. The van der Waals surface area contributed by atoms with Crippen LogP contribution in [0, 0.1) is 16.2 Å². The van der Waals surface area contributed by atoms with Gasteiger partial charge in [-0.15, -0.1) is 15.3 Å². The number of H-pyrrole nitrogens is 2. The fourth-order valence-corrected chi connectivity index (χ4v) is 9.43. The van der Waals surface area contributed by atoms with Crippen LogP contribution in [0.1, 0.15) is 125 Å². The van der Waals surface area contributed by atoms with Crippen molar-refractivity contribution in [1.82, 2.24) is 74.3 Å². The second-order valence-electron chi connectivity index (χ2n) is 27.2. The zero-order chi connectivity index (χ0) is 77.9. The van der Waals surface area contributed by atoms with Crippen molar-refractivity contribution in [3.05, 3.63) is 114 Å². The largest absolute Gasteiger partial charge is 0.382 e. The van der Waals surface area contributed by atoms with E-state index >= 15 is 0 Å². The van der Waals surface area contributed by atoms with E-state index in [4.69, 9.17) is 56.8 Å². The Kier molecular flexibility index (Phi) is 34.9. The van der Waals surface area contributed by atoms with Crippen LogP contribution in [-0.4, -0.2) is 269 Å². The van der Waals surface area contributed by atoms with Crippen LogP contribution in [0.25, 0.3) is 27.6 Å². The summed E-state index contributed by atoms with van der Waals surface area (Å²) in [4.78, 5) is 94.3. The molecule has 3 amide bonds. The van der Waals surface area contributed by atoms with Crippen molar-refractivity contribution in [1.29, 1.82) is 0 Å². The Bertz CT molecular complexity index is 3830. The van der Waals surface area contributed by atoms with E-state index in [0.29, 0.717) is 209 Å². The van der Waals surface area contributed by atoms with E-state index in [1.807, 2.05) is 62.3 Å². The molecule has 0 saturated heterocycles. The SMILES string of the molecule is COCCOCCOCCOCCn1cc(C(=O)Nc2cc3cc(C(=O)C(C)(C)C)[nH]c3cn2)nn1.COCCOCCOCCOCCn1cc(C(=O)Nc2ccc3nc(C(=O)C(C)(C)C)cn3c2)nn1.COCCOCCOCCOCCn1cc(C(=O)Nc2cnc3[nH]c(C(=O)C(C)(C)C)cc3c2)nn1. The van der Waals surface area contributed by atoms with Gasteiger partial charge in [-0.05, 0) is 36.4 Å². The Morgan fingerprint density at radius 2 is 0.778 bits per heavy atom. The zero-order valence-corrected chi connectivity index (χ0v) is 63.6. The summed E-state index contributed by atoms with van der Waals surface area (Å²) in [6.45, 7) is 28.4. The number of ketones is 3. The molecule has 9 aromatic heterocycles. The molecule has 588 valence electrons. The number of nitrogens with zero attached hydrogens (tertiary/aromatic N) is 13. The summed E-state index contributed by atoms with van der Waals surface area (Å²) in [6.07, 6.45) is 11.1. The third kappa shape index (κ3) is 29.2. The third-order valence-electron chi connectivity index (χ3n) is 15.2. The molecule has 5 N–H and O–H groups in total. The highest BCUT2D eigenvalue weighted by Gasteiger charge is 2.28. The molecule has 0 spiro atoms. The smallest absolute Gasteiger partial charge is 0.278 e. The van der Waals surface area contributed by atoms with Crippen molar-refractivity contribution in [2.45, 2.75) is 81.9 Å². The first-order valence-electron chi connectivity index (χ1n) is 35.2. The van der Waals surface area contributed by atoms with Crippen molar-refractivity contribution < 1.29 is 85.6 Å². The number of pyridine rings is 3. The Hall–Kier alpha value is -9.57. The van der Waals surface area contributed by atoms with Gasteiger partial charge in [-0.2, -0.15) is 0 Å². The topological polar surface area (TPSA) is 416 Å². The molecule has 0 aromatic carbocycles. The van der Waals surface area contributed by atoms with E-state index in [2.05, 4.69) is 71.8 Å². The lowest BCUT2D eigenvalue weighted by atomic mass is 9.89. The van der Waals surface area contributed by atoms with Gasteiger partial charge in [-0.1, -0.05) is 78.0 Å². The summed E-state index contributed by atoms with van der Waals surface area (Å²) in [6, 6.07) is 10.4. The number of hydrogen-bond donors (Lipinski definition) is 5. The molecule has 0 aliphatic carbocycles. The predicted molar refractivity (Wildman–Crippen MR) is 396 cm³/mol. The number of amides is 3. The van der Waals surface area contributed by atoms with E-state index in [0.717, 1.165) is 10.8 Å². The third-order valence-corrected chi connectivity index (χ3v) is 15.2. The van der Waals surface area contributed by atoms with Crippen LogP contribution in [0.5, 0.6) is 0 Å². The van der Waals surface area contributed by atoms with Crippen molar-refractivity contribution in [3.63, 3.8) is 0 Å². The molecule has 0 unspecified atom stereocenters. The molecular weight excluding hydrogens is 1400 g/mol. The number of Topliss-reactive ketones (excluding diaryl/α,β-unsaturated/α-hetero) is 3. The van der Waals surface area contributed by atoms with Gasteiger partial charge in [0.1, 0.15) is 22.8 Å². The van der Waals surface area contributed by atoms with Crippen LogP contribution >= 0.6 is 0 Å². The summed E-state index contributed by atoms with van der Waals surface area (Å²) in [7, 11) is 4.89. The van der Waals surface area contributed by atoms with Crippen molar-refractivity contribution >= 4 is 79.8 Å². The Balaban J connectivity index is 0.000000226. The quantitative estimate of drug-likeness (QED) is 0.0194. The number of rotatable bonds is 45. The van der Waals surface area contributed by atoms with Gasteiger partial charge in [0.05, 0.1) is 218 Å². The molecule has 0 bridgehead atoms. The van der Waals surface area contributed by atoms with Crippen LogP contribution in [0.4, 0.5) is 17.2 Å². The summed E-state index contributed by atoms with van der Waals surface area (Å²) >= 11 is 0. The first-order chi connectivity index (χ1) is 51.8. The van der Waals surface area contributed by atoms with Gasteiger partial charge in [-0.3, -0.25) is 28.8 Å². The lowest BCUT2D eigenvalue weighted by Crippen LogP contribution is -2.20. The Morgan fingerprint density at radius 1 is 0.389 bits per heavy atom. The normalized spacial score (nSPS) is 11.8. The number of fused-ring (bicyclic) bond motifs is 3. The molecule has 0 aliphatic rings. The molecule has 108 heavy (non-hydrogen) atoms.